The lowest BCUT2D eigenvalue weighted by Gasteiger charge is -2.19. The van der Waals surface area contributed by atoms with E-state index in [9.17, 15) is 9.59 Å². The maximum atomic E-state index is 13.6. The summed E-state index contributed by atoms with van der Waals surface area (Å²) in [5.41, 5.74) is 3.06. The van der Waals surface area contributed by atoms with Crippen LogP contribution in [0.5, 0.6) is 0 Å². The summed E-state index contributed by atoms with van der Waals surface area (Å²) in [6.07, 6.45) is 3.93. The molecular formula is C28H26Cl2N2O2. The summed E-state index contributed by atoms with van der Waals surface area (Å²) in [7, 11) is 0. The van der Waals surface area contributed by atoms with E-state index in [-0.39, 0.29) is 10.9 Å². The number of hydrogen-bond acceptors (Lipinski definition) is 2. The molecule has 5 aromatic rings. The Balaban J connectivity index is 2.00. The van der Waals surface area contributed by atoms with Crippen LogP contribution >= 0.6 is 23.2 Å². The highest BCUT2D eigenvalue weighted by molar-refractivity contribution is 6.31. The van der Waals surface area contributed by atoms with Crippen LogP contribution in [0.15, 0.2) is 58.1 Å². The van der Waals surface area contributed by atoms with E-state index < -0.39 is 0 Å². The van der Waals surface area contributed by atoms with Crippen LogP contribution in [-0.4, -0.2) is 9.13 Å². The van der Waals surface area contributed by atoms with Gasteiger partial charge in [-0.15, -0.1) is 0 Å². The Morgan fingerprint density at radius 2 is 0.971 bits per heavy atom. The van der Waals surface area contributed by atoms with Crippen LogP contribution in [0, 0.1) is 0 Å². The molecule has 0 atom stereocenters. The maximum absolute atomic E-state index is 13.6. The number of unbranched alkanes of at least 4 members (excludes halogenated alkanes) is 2. The molecule has 0 amide bonds. The van der Waals surface area contributed by atoms with E-state index in [1.165, 1.54) is 0 Å². The van der Waals surface area contributed by atoms with Crippen LogP contribution in [0.3, 0.4) is 0 Å². The normalized spacial score (nSPS) is 11.9. The second-order valence-corrected chi connectivity index (χ2v) is 9.75. The fraction of sp³-hybridized carbons (Fsp3) is 0.286. The van der Waals surface area contributed by atoms with Gasteiger partial charge in [0.25, 0.3) is 0 Å². The number of aryl methyl sites for hydroxylation is 2. The fourth-order valence-electron chi connectivity index (χ4n) is 4.89. The van der Waals surface area contributed by atoms with E-state index in [4.69, 9.17) is 23.2 Å². The monoisotopic (exact) mass is 492 g/mol. The molecule has 0 aliphatic rings. The van der Waals surface area contributed by atoms with Gasteiger partial charge in [0, 0.05) is 44.7 Å². The standard InChI is InChI=1S/C28H26Cl2N2O2/c1-3-5-11-31-23-13-17(29)7-9-19(23)27(33)21-16-26-22(15-25(21)31)28(34)20-10-8-18(30)14-24(20)32(26)12-6-4-2/h7-10,13-16H,3-6,11-12H2,1-2H3. The molecule has 2 heterocycles. The molecule has 0 saturated carbocycles. The summed E-state index contributed by atoms with van der Waals surface area (Å²) in [5.74, 6) is 0. The lowest BCUT2D eigenvalue weighted by atomic mass is 10.0. The summed E-state index contributed by atoms with van der Waals surface area (Å²) in [5, 5.41) is 3.68. The number of aromatic nitrogens is 2. The van der Waals surface area contributed by atoms with E-state index in [1.54, 1.807) is 24.3 Å². The first kappa shape index (κ1) is 22.9. The first-order chi connectivity index (χ1) is 16.4. The van der Waals surface area contributed by atoms with Gasteiger partial charge in [-0.3, -0.25) is 9.59 Å². The van der Waals surface area contributed by atoms with Crippen molar-refractivity contribution in [3.8, 4) is 0 Å². The third-order valence-electron chi connectivity index (χ3n) is 6.65. The zero-order valence-corrected chi connectivity index (χ0v) is 20.8. The average molecular weight is 493 g/mol. The molecule has 0 fully saturated rings. The molecule has 0 saturated heterocycles. The third kappa shape index (κ3) is 3.70. The van der Waals surface area contributed by atoms with Crippen LogP contribution in [-0.2, 0) is 13.1 Å². The van der Waals surface area contributed by atoms with Gasteiger partial charge in [-0.05, 0) is 61.4 Å². The van der Waals surface area contributed by atoms with Gasteiger partial charge in [0.2, 0.25) is 0 Å². The highest BCUT2D eigenvalue weighted by atomic mass is 35.5. The lowest BCUT2D eigenvalue weighted by molar-refractivity contribution is 0.660. The molecule has 0 aliphatic carbocycles. The van der Waals surface area contributed by atoms with Gasteiger partial charge >= 0.3 is 0 Å². The van der Waals surface area contributed by atoms with Gasteiger partial charge in [0.05, 0.1) is 22.1 Å². The smallest absolute Gasteiger partial charge is 0.197 e. The minimum absolute atomic E-state index is 0.0444. The van der Waals surface area contributed by atoms with Crippen molar-refractivity contribution in [2.45, 2.75) is 52.6 Å². The second-order valence-electron chi connectivity index (χ2n) is 8.88. The third-order valence-corrected chi connectivity index (χ3v) is 7.12. The first-order valence-electron chi connectivity index (χ1n) is 11.9. The van der Waals surface area contributed by atoms with Crippen molar-refractivity contribution in [3.63, 3.8) is 0 Å². The van der Waals surface area contributed by atoms with Gasteiger partial charge < -0.3 is 9.13 Å². The van der Waals surface area contributed by atoms with Crippen molar-refractivity contribution in [2.24, 2.45) is 0 Å². The number of fused-ring (bicyclic) bond motifs is 4. The molecule has 0 unspecified atom stereocenters. The Morgan fingerprint density at radius 3 is 1.35 bits per heavy atom. The highest BCUT2D eigenvalue weighted by Crippen LogP contribution is 2.29. The van der Waals surface area contributed by atoms with Crippen molar-refractivity contribution >= 4 is 66.8 Å². The predicted molar refractivity (Wildman–Crippen MR) is 145 cm³/mol. The molecule has 0 aliphatic heterocycles. The van der Waals surface area contributed by atoms with E-state index in [1.807, 2.05) is 24.3 Å². The van der Waals surface area contributed by atoms with E-state index >= 15 is 0 Å². The summed E-state index contributed by atoms with van der Waals surface area (Å²) in [4.78, 5) is 27.3. The largest absolute Gasteiger partial charge is 0.340 e. The molecule has 0 bridgehead atoms. The Morgan fingerprint density at radius 1 is 0.588 bits per heavy atom. The van der Waals surface area contributed by atoms with Gasteiger partial charge in [0.15, 0.2) is 10.9 Å². The molecular weight excluding hydrogens is 467 g/mol. The fourth-order valence-corrected chi connectivity index (χ4v) is 5.22. The quantitative estimate of drug-likeness (QED) is 0.230. The van der Waals surface area contributed by atoms with Crippen LogP contribution in [0.4, 0.5) is 0 Å². The first-order valence-corrected chi connectivity index (χ1v) is 12.6. The Bertz CT molecular complexity index is 1570. The minimum atomic E-state index is -0.0444. The molecule has 4 nitrogen and oxygen atoms in total. The van der Waals surface area contributed by atoms with Crippen molar-refractivity contribution < 1.29 is 0 Å². The zero-order chi connectivity index (χ0) is 24.0. The molecule has 0 radical (unpaired) electrons. The van der Waals surface area contributed by atoms with E-state index in [0.717, 1.165) is 60.8 Å². The van der Waals surface area contributed by atoms with Crippen LogP contribution in [0.1, 0.15) is 39.5 Å². The zero-order valence-electron chi connectivity index (χ0n) is 19.3. The Labute approximate surface area is 207 Å². The molecule has 5 rings (SSSR count). The summed E-state index contributed by atoms with van der Waals surface area (Å²) < 4.78 is 4.28. The van der Waals surface area contributed by atoms with Crippen molar-refractivity contribution in [3.05, 3.63) is 79.0 Å². The van der Waals surface area contributed by atoms with Gasteiger partial charge in [-0.2, -0.15) is 0 Å². The second kappa shape index (κ2) is 9.09. The SMILES string of the molecule is CCCCn1c2cc(Cl)ccc2c(=O)c2cc3c(cc21)c(=O)c1ccc(Cl)cc1n3CCCC. The molecule has 0 spiro atoms. The van der Waals surface area contributed by atoms with Crippen LogP contribution < -0.4 is 10.9 Å². The number of pyridine rings is 2. The number of hydrogen-bond donors (Lipinski definition) is 0. The summed E-state index contributed by atoms with van der Waals surface area (Å²) in [6.45, 7) is 5.75. The van der Waals surface area contributed by atoms with Crippen molar-refractivity contribution in [2.75, 3.05) is 0 Å². The van der Waals surface area contributed by atoms with Gasteiger partial charge in [0.1, 0.15) is 0 Å². The Hall–Kier alpha value is -2.82. The van der Waals surface area contributed by atoms with E-state index in [0.29, 0.717) is 31.6 Å². The van der Waals surface area contributed by atoms with E-state index in [2.05, 4.69) is 23.0 Å². The summed E-state index contributed by atoms with van der Waals surface area (Å²) in [6, 6.07) is 14.6. The molecule has 2 aromatic heterocycles. The van der Waals surface area contributed by atoms with Gasteiger partial charge in [-0.25, -0.2) is 0 Å². The molecule has 174 valence electrons. The maximum Gasteiger partial charge on any atom is 0.197 e. The van der Waals surface area contributed by atoms with Crippen LogP contribution in [0.25, 0.3) is 43.6 Å². The van der Waals surface area contributed by atoms with Gasteiger partial charge in [-0.1, -0.05) is 49.9 Å². The molecule has 0 N–H and O–H groups in total. The molecule has 6 heteroatoms. The molecule has 3 aromatic carbocycles. The molecule has 34 heavy (non-hydrogen) atoms. The number of nitrogens with zero attached hydrogens (tertiary/aromatic N) is 2. The summed E-state index contributed by atoms with van der Waals surface area (Å²) >= 11 is 12.6. The topological polar surface area (TPSA) is 44.0 Å². The van der Waals surface area contributed by atoms with Crippen LogP contribution in [0.2, 0.25) is 10.0 Å². The van der Waals surface area contributed by atoms with Crippen molar-refractivity contribution in [1.29, 1.82) is 0 Å². The van der Waals surface area contributed by atoms with Crippen molar-refractivity contribution in [1.82, 2.24) is 9.13 Å². The number of benzene rings is 3. The number of rotatable bonds is 6. The number of halogens is 2. The predicted octanol–water partition coefficient (Wildman–Crippen LogP) is 7.53. The highest BCUT2D eigenvalue weighted by Gasteiger charge is 2.17. The Kier molecular flexibility index (Phi) is 6.13. The lowest BCUT2D eigenvalue weighted by Crippen LogP contribution is -2.16. The average Bonchev–Trinajstić information content (AvgIpc) is 2.83. The minimum Gasteiger partial charge on any atom is -0.340 e.